The molecule has 0 N–H and O–H groups in total. The quantitative estimate of drug-likeness (QED) is 0.290. The van der Waals surface area contributed by atoms with Gasteiger partial charge in [0.1, 0.15) is 5.69 Å². The third kappa shape index (κ3) is 4.79. The third-order valence-electron chi connectivity index (χ3n) is 4.38. The Hall–Kier alpha value is -2.64. The molecular weight excluding hydrogens is 405 g/mol. The van der Waals surface area contributed by atoms with Crippen LogP contribution in [0.1, 0.15) is 35.2 Å². The van der Waals surface area contributed by atoms with Crippen molar-refractivity contribution in [1.29, 1.82) is 0 Å². The van der Waals surface area contributed by atoms with Crippen LogP contribution < -0.4 is 4.90 Å². The molecule has 2 aromatic carbocycles. The Kier molecular flexibility index (Phi) is 6.49. The lowest BCUT2D eigenvalue weighted by molar-refractivity contribution is -0.384. The number of nitro groups is 1. The van der Waals surface area contributed by atoms with Crippen LogP contribution in [0.15, 0.2) is 41.6 Å². The van der Waals surface area contributed by atoms with E-state index in [0.29, 0.717) is 16.3 Å². The van der Waals surface area contributed by atoms with E-state index in [1.165, 1.54) is 30.5 Å². The van der Waals surface area contributed by atoms with Gasteiger partial charge in [0.25, 0.3) is 5.69 Å². The van der Waals surface area contributed by atoms with Gasteiger partial charge >= 0.3 is 5.97 Å². The van der Waals surface area contributed by atoms with Gasteiger partial charge in [0.05, 0.1) is 21.7 Å². The molecule has 0 atom stereocenters. The molecule has 0 aromatic heterocycles. The molecule has 3 rings (SSSR count). The standard InChI is InChI=1S/C19H17Cl2N3O4/c20-14-5-6-15(16(21)11-14)19(25)28-22-12-13-4-7-17(18(10-13)24(26)27)23-8-2-1-3-9-23/h4-7,10-12H,1-3,8-9H2/b22-12+. The molecule has 1 aliphatic heterocycles. The van der Waals surface area contributed by atoms with E-state index >= 15 is 0 Å². The Morgan fingerprint density at radius 3 is 2.57 bits per heavy atom. The fourth-order valence-corrected chi connectivity index (χ4v) is 3.49. The zero-order chi connectivity index (χ0) is 20.1. The molecule has 0 amide bonds. The number of nitro benzene ring substituents is 1. The normalized spacial score (nSPS) is 14.3. The number of hydrogen-bond acceptors (Lipinski definition) is 6. The van der Waals surface area contributed by atoms with Crippen molar-refractivity contribution >= 4 is 46.8 Å². The minimum atomic E-state index is -0.752. The van der Waals surface area contributed by atoms with Crippen molar-refractivity contribution in [3.63, 3.8) is 0 Å². The predicted molar refractivity (Wildman–Crippen MR) is 109 cm³/mol. The van der Waals surface area contributed by atoms with Crippen molar-refractivity contribution in [3.8, 4) is 0 Å². The van der Waals surface area contributed by atoms with E-state index in [0.717, 1.165) is 32.4 Å². The van der Waals surface area contributed by atoms with E-state index in [-0.39, 0.29) is 16.3 Å². The Morgan fingerprint density at radius 2 is 1.89 bits per heavy atom. The Bertz CT molecular complexity index is 927. The number of halogens is 2. The summed E-state index contributed by atoms with van der Waals surface area (Å²) in [6.45, 7) is 1.60. The molecule has 0 radical (unpaired) electrons. The lowest BCUT2D eigenvalue weighted by atomic mass is 10.1. The number of carbonyl (C=O) groups excluding carboxylic acids is 1. The maximum absolute atomic E-state index is 12.0. The van der Waals surface area contributed by atoms with Crippen LogP contribution in [0.3, 0.4) is 0 Å². The highest BCUT2D eigenvalue weighted by Crippen LogP contribution is 2.31. The van der Waals surface area contributed by atoms with Gasteiger partial charge in [-0.05, 0) is 43.5 Å². The van der Waals surface area contributed by atoms with E-state index in [9.17, 15) is 14.9 Å². The molecule has 0 saturated carbocycles. The van der Waals surface area contributed by atoms with Crippen molar-refractivity contribution in [2.24, 2.45) is 5.16 Å². The molecule has 1 saturated heterocycles. The topological polar surface area (TPSA) is 85.0 Å². The molecule has 0 bridgehead atoms. The van der Waals surface area contributed by atoms with Crippen LogP contribution in [0.5, 0.6) is 0 Å². The SMILES string of the molecule is O=C(O/N=C/c1ccc(N2CCCCC2)c([N+](=O)[O-])c1)c1ccc(Cl)cc1Cl. The lowest BCUT2D eigenvalue weighted by Crippen LogP contribution is -2.29. The van der Waals surface area contributed by atoms with Crippen molar-refractivity contribution in [3.05, 3.63) is 67.7 Å². The molecule has 7 nitrogen and oxygen atoms in total. The van der Waals surface area contributed by atoms with Gasteiger partial charge in [-0.2, -0.15) is 0 Å². The second-order valence-corrected chi connectivity index (χ2v) is 7.13. The fraction of sp³-hybridized carbons (Fsp3) is 0.263. The van der Waals surface area contributed by atoms with Crippen LogP contribution >= 0.6 is 23.2 Å². The second kappa shape index (κ2) is 9.03. The number of nitrogens with zero attached hydrogens (tertiary/aromatic N) is 3. The maximum atomic E-state index is 12.0. The summed E-state index contributed by atoms with van der Waals surface area (Å²) in [5, 5.41) is 15.6. The first kappa shape index (κ1) is 20.1. The number of benzene rings is 2. The van der Waals surface area contributed by atoms with Crippen LogP contribution in [0.4, 0.5) is 11.4 Å². The zero-order valence-electron chi connectivity index (χ0n) is 14.8. The van der Waals surface area contributed by atoms with Gasteiger partial charge in [0.2, 0.25) is 0 Å². The molecule has 2 aromatic rings. The Morgan fingerprint density at radius 1 is 1.14 bits per heavy atom. The molecule has 1 fully saturated rings. The van der Waals surface area contributed by atoms with Gasteiger partial charge in [-0.3, -0.25) is 10.1 Å². The largest absolute Gasteiger partial charge is 0.367 e. The average Bonchev–Trinajstić information content (AvgIpc) is 2.68. The Balaban J connectivity index is 1.73. The molecule has 0 unspecified atom stereocenters. The molecule has 1 aliphatic rings. The van der Waals surface area contributed by atoms with Gasteiger partial charge in [0, 0.05) is 29.7 Å². The summed E-state index contributed by atoms with van der Waals surface area (Å²) in [7, 11) is 0. The molecule has 28 heavy (non-hydrogen) atoms. The van der Waals surface area contributed by atoms with Crippen molar-refractivity contribution in [1.82, 2.24) is 0 Å². The lowest BCUT2D eigenvalue weighted by Gasteiger charge is -2.28. The van der Waals surface area contributed by atoms with E-state index in [1.807, 2.05) is 4.90 Å². The summed E-state index contributed by atoms with van der Waals surface area (Å²) < 4.78 is 0. The highest BCUT2D eigenvalue weighted by Gasteiger charge is 2.21. The first-order valence-corrected chi connectivity index (χ1v) is 9.44. The molecule has 1 heterocycles. The van der Waals surface area contributed by atoms with Crippen molar-refractivity contribution < 1.29 is 14.6 Å². The van der Waals surface area contributed by atoms with E-state index in [2.05, 4.69) is 5.16 Å². The number of piperidine rings is 1. The molecular formula is C19H17Cl2N3O4. The van der Waals surface area contributed by atoms with Gasteiger partial charge < -0.3 is 9.74 Å². The van der Waals surface area contributed by atoms with Crippen LogP contribution in [-0.2, 0) is 4.84 Å². The van der Waals surface area contributed by atoms with E-state index in [1.54, 1.807) is 12.1 Å². The minimum absolute atomic E-state index is 0.00192. The highest BCUT2D eigenvalue weighted by atomic mass is 35.5. The van der Waals surface area contributed by atoms with Gasteiger partial charge in [0.15, 0.2) is 0 Å². The third-order valence-corrected chi connectivity index (χ3v) is 4.93. The summed E-state index contributed by atoms with van der Waals surface area (Å²) in [6.07, 6.45) is 4.42. The highest BCUT2D eigenvalue weighted by molar-refractivity contribution is 6.36. The fourth-order valence-electron chi connectivity index (χ4n) is 3.01. The number of oxime groups is 1. The van der Waals surface area contributed by atoms with Crippen LogP contribution in [-0.4, -0.2) is 30.2 Å². The molecule has 146 valence electrons. The zero-order valence-corrected chi connectivity index (χ0v) is 16.3. The van der Waals surface area contributed by atoms with Gasteiger partial charge in [-0.15, -0.1) is 0 Å². The number of carbonyl (C=O) groups is 1. The van der Waals surface area contributed by atoms with E-state index in [4.69, 9.17) is 28.0 Å². The molecule has 0 spiro atoms. The summed E-state index contributed by atoms with van der Waals surface area (Å²) in [6, 6.07) is 9.17. The minimum Gasteiger partial charge on any atom is -0.366 e. The predicted octanol–water partition coefficient (Wildman–Crippen LogP) is 5.08. The van der Waals surface area contributed by atoms with Gasteiger partial charge in [-0.1, -0.05) is 34.4 Å². The molecule has 9 heteroatoms. The summed E-state index contributed by atoms with van der Waals surface area (Å²) in [5.41, 5.74) is 1.15. The first-order valence-electron chi connectivity index (χ1n) is 8.69. The monoisotopic (exact) mass is 421 g/mol. The summed E-state index contributed by atoms with van der Waals surface area (Å²) in [5.74, 6) is -0.752. The van der Waals surface area contributed by atoms with Crippen LogP contribution in [0.25, 0.3) is 0 Å². The summed E-state index contributed by atoms with van der Waals surface area (Å²) >= 11 is 11.7. The number of anilines is 1. The average molecular weight is 422 g/mol. The molecule has 0 aliphatic carbocycles. The number of rotatable bonds is 5. The van der Waals surface area contributed by atoms with Crippen LogP contribution in [0, 0.1) is 10.1 Å². The second-order valence-electron chi connectivity index (χ2n) is 6.29. The maximum Gasteiger partial charge on any atom is 0.367 e. The van der Waals surface area contributed by atoms with Crippen molar-refractivity contribution in [2.45, 2.75) is 19.3 Å². The first-order chi connectivity index (χ1) is 13.5. The van der Waals surface area contributed by atoms with E-state index < -0.39 is 10.9 Å². The summed E-state index contributed by atoms with van der Waals surface area (Å²) in [4.78, 5) is 29.9. The smallest absolute Gasteiger partial charge is 0.366 e. The van der Waals surface area contributed by atoms with Crippen molar-refractivity contribution in [2.75, 3.05) is 18.0 Å². The number of hydrogen-bond donors (Lipinski definition) is 0. The van der Waals surface area contributed by atoms with Gasteiger partial charge in [-0.25, -0.2) is 4.79 Å². The Labute approximate surface area is 171 Å². The van der Waals surface area contributed by atoms with Crippen LogP contribution in [0.2, 0.25) is 10.0 Å².